The molecular formula is C8H8MgNa2O12. The number of hydrogen-bond acceptors (Lipinski definition) is 11. The summed E-state index contributed by atoms with van der Waals surface area (Å²) in [5.74, 6) is -3.20. The summed E-state index contributed by atoms with van der Waals surface area (Å²) in [5.41, 5.74) is 0. The van der Waals surface area contributed by atoms with E-state index in [4.69, 9.17) is 45.3 Å². The maximum Gasteiger partial charge on any atom is 2.00 e. The molecule has 0 unspecified atom stereocenters. The van der Waals surface area contributed by atoms with Crippen molar-refractivity contribution in [3.63, 3.8) is 0 Å². The quantitative estimate of drug-likeness (QED) is 0.263. The zero-order chi connectivity index (χ0) is 16.5. The molecular weight excluding hydrogens is 358 g/mol. The molecule has 0 aromatic rings. The van der Waals surface area contributed by atoms with E-state index in [0.717, 1.165) is 0 Å². The summed E-state index contributed by atoms with van der Waals surface area (Å²) >= 11 is 0. The van der Waals surface area contributed by atoms with Gasteiger partial charge in [0.25, 0.3) is 0 Å². The van der Waals surface area contributed by atoms with Gasteiger partial charge in [-0.2, -0.15) is 0 Å². The molecule has 1 heterocycles. The maximum atomic E-state index is 10.8. The third kappa shape index (κ3) is 18.2. The molecule has 0 saturated carbocycles. The van der Waals surface area contributed by atoms with Gasteiger partial charge in [-0.05, 0) is 11.9 Å². The SMILES string of the molecule is O=C([O-])O.O=C([O-])[O-].O=C1O[C@H]([C@@H](O)CO)C([O-])=C1O.[Mg+2].[Na+].[Na+]. The van der Waals surface area contributed by atoms with Crippen LogP contribution in [0.1, 0.15) is 0 Å². The molecule has 0 spiro atoms. The molecule has 1 aliphatic rings. The Labute approximate surface area is 189 Å². The van der Waals surface area contributed by atoms with Gasteiger partial charge in [0.05, 0.1) is 6.61 Å². The smallest absolute Gasteiger partial charge is 0.870 e. The number of cyclic esters (lactones) is 1. The van der Waals surface area contributed by atoms with Crippen LogP contribution >= 0.6 is 0 Å². The van der Waals surface area contributed by atoms with E-state index in [-0.39, 0.29) is 82.2 Å². The molecule has 4 N–H and O–H groups in total. The fourth-order valence-corrected chi connectivity index (χ4v) is 0.809. The first-order valence-electron chi connectivity index (χ1n) is 4.42. The number of hydrogen-bond donors (Lipinski definition) is 4. The van der Waals surface area contributed by atoms with E-state index in [2.05, 4.69) is 4.74 Å². The monoisotopic (exact) mass is 366 g/mol. The molecule has 0 radical (unpaired) electrons. The molecule has 0 saturated heterocycles. The number of carboxylic acid groups (broad SMARTS) is 4. The van der Waals surface area contributed by atoms with E-state index in [9.17, 15) is 9.90 Å². The Morgan fingerprint density at radius 2 is 1.52 bits per heavy atom. The van der Waals surface area contributed by atoms with Crippen LogP contribution in [0.5, 0.6) is 0 Å². The van der Waals surface area contributed by atoms with E-state index in [1.54, 1.807) is 0 Å². The minimum Gasteiger partial charge on any atom is -0.870 e. The van der Waals surface area contributed by atoms with Gasteiger partial charge in [0.1, 0.15) is 12.2 Å². The Kier molecular flexibility index (Phi) is 27.5. The van der Waals surface area contributed by atoms with Crippen molar-refractivity contribution in [1.82, 2.24) is 0 Å². The van der Waals surface area contributed by atoms with Gasteiger partial charge in [0, 0.05) is 0 Å². The Morgan fingerprint density at radius 1 is 1.22 bits per heavy atom. The van der Waals surface area contributed by atoms with E-state index < -0.39 is 48.6 Å². The van der Waals surface area contributed by atoms with Gasteiger partial charge >= 0.3 is 88.1 Å². The fraction of sp³-hybridized carbons (Fsp3) is 0.375. The van der Waals surface area contributed by atoms with Crippen LogP contribution in [0.4, 0.5) is 9.59 Å². The van der Waals surface area contributed by atoms with Crippen LogP contribution in [0.3, 0.4) is 0 Å². The summed E-state index contributed by atoms with van der Waals surface area (Å²) in [6.07, 6.45) is -7.37. The van der Waals surface area contributed by atoms with Crippen molar-refractivity contribution >= 4 is 41.3 Å². The number of aliphatic hydroxyl groups excluding tert-OH is 3. The second-order valence-electron chi connectivity index (χ2n) is 2.80. The van der Waals surface area contributed by atoms with Gasteiger partial charge in [0.15, 0.2) is 5.76 Å². The third-order valence-corrected chi connectivity index (χ3v) is 1.46. The van der Waals surface area contributed by atoms with Crippen molar-refractivity contribution in [3.8, 4) is 0 Å². The van der Waals surface area contributed by atoms with Crippen LogP contribution in [0.2, 0.25) is 0 Å². The number of carbonyl (C=O) groups excluding carboxylic acids is 2. The van der Waals surface area contributed by atoms with Crippen molar-refractivity contribution in [2.24, 2.45) is 0 Å². The second kappa shape index (κ2) is 18.4. The van der Waals surface area contributed by atoms with Gasteiger partial charge in [-0.1, -0.05) is 0 Å². The van der Waals surface area contributed by atoms with Gasteiger partial charge in [-0.3, -0.25) is 0 Å². The standard InChI is InChI=1S/C6H8O6.2CH2O3.Mg.2Na/c7-1-2(8)5-3(9)4(10)6(11)12-5;2*2-1(3)4;;;/h2,5,7-10H,1H2;2*(H2,2,3,4);;;/q;;;+2;2*+1/p-4/t2-,5+;;;;;/m0...../s1. The van der Waals surface area contributed by atoms with Crippen molar-refractivity contribution in [1.29, 1.82) is 0 Å². The molecule has 0 aromatic heterocycles. The van der Waals surface area contributed by atoms with Crippen LogP contribution < -0.4 is 79.5 Å². The predicted octanol–water partition coefficient (Wildman–Crippen LogP) is -12.5. The van der Waals surface area contributed by atoms with Crippen molar-refractivity contribution in [3.05, 3.63) is 11.5 Å². The van der Waals surface area contributed by atoms with E-state index >= 15 is 0 Å². The van der Waals surface area contributed by atoms with Gasteiger partial charge in [0.2, 0.25) is 6.16 Å². The first-order valence-corrected chi connectivity index (χ1v) is 4.42. The van der Waals surface area contributed by atoms with E-state index in [1.807, 2.05) is 0 Å². The predicted molar refractivity (Wildman–Crippen MR) is 51.8 cm³/mol. The van der Waals surface area contributed by atoms with Crippen molar-refractivity contribution < 1.29 is 119 Å². The largest absolute Gasteiger partial charge is 2.00 e. The van der Waals surface area contributed by atoms with Gasteiger partial charge < -0.3 is 55.2 Å². The molecule has 0 fully saturated rings. The average Bonchev–Trinajstić information content (AvgIpc) is 2.54. The fourth-order valence-electron chi connectivity index (χ4n) is 0.809. The number of rotatable bonds is 2. The Morgan fingerprint density at radius 3 is 1.70 bits per heavy atom. The normalized spacial score (nSPS) is 15.6. The topological polar surface area (TPSA) is 234 Å². The molecule has 0 amide bonds. The minimum atomic E-state index is -2.33. The van der Waals surface area contributed by atoms with Crippen LogP contribution in [-0.4, -0.2) is 80.6 Å². The van der Waals surface area contributed by atoms with E-state index in [1.165, 1.54) is 0 Å². The molecule has 23 heavy (non-hydrogen) atoms. The molecule has 1 rings (SSSR count). The Balaban J connectivity index is -0.0000000844. The average molecular weight is 366 g/mol. The summed E-state index contributed by atoms with van der Waals surface area (Å²) in [5, 5.41) is 68.8. The van der Waals surface area contributed by atoms with Crippen LogP contribution in [0.25, 0.3) is 0 Å². The number of aliphatic hydroxyl groups is 3. The van der Waals surface area contributed by atoms with Crippen LogP contribution in [0.15, 0.2) is 11.5 Å². The van der Waals surface area contributed by atoms with Gasteiger partial charge in [-0.15, -0.1) is 0 Å². The first kappa shape index (κ1) is 34.4. The second-order valence-corrected chi connectivity index (χ2v) is 2.80. The van der Waals surface area contributed by atoms with E-state index in [0.29, 0.717) is 0 Å². The molecule has 1 aliphatic heterocycles. The first-order chi connectivity index (χ1) is 9.04. The molecule has 0 aliphatic carbocycles. The summed E-state index contributed by atoms with van der Waals surface area (Å²) in [6, 6.07) is 0. The Hall–Kier alpha value is 0.0362. The summed E-state index contributed by atoms with van der Waals surface area (Å²) < 4.78 is 4.25. The molecule has 15 heteroatoms. The molecule has 12 nitrogen and oxygen atoms in total. The van der Waals surface area contributed by atoms with Crippen LogP contribution in [-0.2, 0) is 9.53 Å². The number of ether oxygens (including phenoxy) is 1. The summed E-state index contributed by atoms with van der Waals surface area (Å²) in [4.78, 5) is 27.3. The molecule has 0 aromatic carbocycles. The van der Waals surface area contributed by atoms with Crippen molar-refractivity contribution in [2.45, 2.75) is 12.2 Å². The zero-order valence-electron chi connectivity index (χ0n) is 12.1. The molecule has 116 valence electrons. The Bertz CT molecular complexity index is 381. The third-order valence-electron chi connectivity index (χ3n) is 1.46. The van der Waals surface area contributed by atoms with Crippen molar-refractivity contribution in [2.75, 3.05) is 6.61 Å². The number of esters is 1. The minimum absolute atomic E-state index is 0. The summed E-state index contributed by atoms with van der Waals surface area (Å²) in [7, 11) is 0. The molecule has 0 bridgehead atoms. The molecule has 2 atom stereocenters. The zero-order valence-corrected chi connectivity index (χ0v) is 17.5. The van der Waals surface area contributed by atoms with Gasteiger partial charge in [-0.25, -0.2) is 4.79 Å². The summed E-state index contributed by atoms with van der Waals surface area (Å²) in [6.45, 7) is -0.711. The number of carbonyl (C=O) groups is 3. The van der Waals surface area contributed by atoms with Crippen LogP contribution in [0, 0.1) is 0 Å². The maximum absolute atomic E-state index is 10.8.